The van der Waals surface area contributed by atoms with E-state index in [0.717, 1.165) is 12.8 Å². The Kier molecular flexibility index (Phi) is 4.98. The Bertz CT molecular complexity index is 271. The maximum atomic E-state index is 11.9. The summed E-state index contributed by atoms with van der Waals surface area (Å²) in [4.78, 5) is 23.8. The SMILES string of the molecule is C=CCN(CCC(=O)O)C(=O)C1CCCO1. The van der Waals surface area contributed by atoms with Crippen LogP contribution in [0, 0.1) is 0 Å². The van der Waals surface area contributed by atoms with Crippen molar-refractivity contribution in [1.82, 2.24) is 4.90 Å². The first-order valence-corrected chi connectivity index (χ1v) is 5.38. The molecule has 0 saturated carbocycles. The zero-order valence-electron chi connectivity index (χ0n) is 9.22. The van der Waals surface area contributed by atoms with Crippen LogP contribution in [-0.2, 0) is 14.3 Å². The second-order valence-electron chi connectivity index (χ2n) is 3.72. The summed E-state index contributed by atoms with van der Waals surface area (Å²) in [5, 5.41) is 8.58. The van der Waals surface area contributed by atoms with Crippen molar-refractivity contribution < 1.29 is 19.4 Å². The molecule has 0 aliphatic carbocycles. The molecule has 5 heteroatoms. The Morgan fingerprint density at radius 2 is 2.31 bits per heavy atom. The van der Waals surface area contributed by atoms with Gasteiger partial charge in [0.25, 0.3) is 5.91 Å². The van der Waals surface area contributed by atoms with Gasteiger partial charge in [-0.2, -0.15) is 0 Å². The minimum atomic E-state index is -0.908. The number of amides is 1. The number of carboxylic acid groups (broad SMARTS) is 1. The quantitative estimate of drug-likeness (QED) is 0.677. The second kappa shape index (κ2) is 6.27. The summed E-state index contributed by atoms with van der Waals surface area (Å²) >= 11 is 0. The van der Waals surface area contributed by atoms with Crippen LogP contribution >= 0.6 is 0 Å². The molecule has 1 aliphatic rings. The fourth-order valence-corrected chi connectivity index (χ4v) is 1.65. The van der Waals surface area contributed by atoms with Crippen LogP contribution in [-0.4, -0.2) is 47.7 Å². The van der Waals surface area contributed by atoms with Crippen molar-refractivity contribution in [2.24, 2.45) is 0 Å². The van der Waals surface area contributed by atoms with Crippen LogP contribution in [0.25, 0.3) is 0 Å². The van der Waals surface area contributed by atoms with E-state index in [1.165, 1.54) is 4.90 Å². The Labute approximate surface area is 94.7 Å². The lowest BCUT2D eigenvalue weighted by Crippen LogP contribution is -2.40. The number of ether oxygens (including phenoxy) is 1. The highest BCUT2D eigenvalue weighted by molar-refractivity contribution is 5.81. The minimum Gasteiger partial charge on any atom is -0.481 e. The molecule has 0 spiro atoms. The lowest BCUT2D eigenvalue weighted by molar-refractivity contribution is -0.142. The molecule has 1 amide bonds. The van der Waals surface area contributed by atoms with Crippen LogP contribution in [0.3, 0.4) is 0 Å². The number of carbonyl (C=O) groups is 2. The smallest absolute Gasteiger partial charge is 0.305 e. The van der Waals surface area contributed by atoms with Crippen molar-refractivity contribution in [2.75, 3.05) is 19.7 Å². The summed E-state index contributed by atoms with van der Waals surface area (Å²) in [7, 11) is 0. The first-order valence-electron chi connectivity index (χ1n) is 5.38. The third-order valence-corrected chi connectivity index (χ3v) is 2.46. The molecule has 1 aliphatic heterocycles. The normalized spacial score (nSPS) is 19.4. The number of carboxylic acids is 1. The first kappa shape index (κ1) is 12.7. The van der Waals surface area contributed by atoms with Crippen molar-refractivity contribution in [1.29, 1.82) is 0 Å². The molecule has 90 valence electrons. The van der Waals surface area contributed by atoms with Crippen molar-refractivity contribution in [3.8, 4) is 0 Å². The van der Waals surface area contributed by atoms with E-state index in [2.05, 4.69) is 6.58 Å². The number of nitrogens with zero attached hydrogens (tertiary/aromatic N) is 1. The summed E-state index contributed by atoms with van der Waals surface area (Å²) in [6.07, 6.45) is 2.76. The van der Waals surface area contributed by atoms with Gasteiger partial charge >= 0.3 is 5.97 Å². The molecular formula is C11H17NO4. The van der Waals surface area contributed by atoms with E-state index in [4.69, 9.17) is 9.84 Å². The highest BCUT2D eigenvalue weighted by Gasteiger charge is 2.27. The third kappa shape index (κ3) is 3.66. The fraction of sp³-hybridized carbons (Fsp3) is 0.636. The first-order chi connectivity index (χ1) is 7.65. The van der Waals surface area contributed by atoms with E-state index < -0.39 is 12.1 Å². The fourth-order valence-electron chi connectivity index (χ4n) is 1.65. The maximum Gasteiger partial charge on any atom is 0.305 e. The molecule has 0 bridgehead atoms. The molecule has 1 unspecified atom stereocenters. The summed E-state index contributed by atoms with van der Waals surface area (Å²) in [6, 6.07) is 0. The molecule has 0 aromatic heterocycles. The van der Waals surface area contributed by atoms with Crippen LogP contribution in [0.1, 0.15) is 19.3 Å². The minimum absolute atomic E-state index is 0.0493. The van der Waals surface area contributed by atoms with Gasteiger partial charge in [-0.05, 0) is 12.8 Å². The standard InChI is InChI=1S/C11H17NO4/c1-2-6-12(7-5-10(13)14)11(15)9-4-3-8-16-9/h2,9H,1,3-8H2,(H,13,14). The largest absolute Gasteiger partial charge is 0.481 e. The van der Waals surface area contributed by atoms with Crippen LogP contribution in [0.5, 0.6) is 0 Å². The zero-order chi connectivity index (χ0) is 12.0. The van der Waals surface area contributed by atoms with E-state index in [1.54, 1.807) is 6.08 Å². The van der Waals surface area contributed by atoms with E-state index in [0.29, 0.717) is 13.2 Å². The molecule has 1 saturated heterocycles. The summed E-state index contributed by atoms with van der Waals surface area (Å²) in [6.45, 7) is 4.74. The van der Waals surface area contributed by atoms with E-state index in [1.807, 2.05) is 0 Å². The molecule has 1 fully saturated rings. The Balaban J connectivity index is 2.49. The summed E-state index contributed by atoms with van der Waals surface area (Å²) < 4.78 is 5.28. The zero-order valence-corrected chi connectivity index (χ0v) is 9.22. The van der Waals surface area contributed by atoms with Gasteiger partial charge in [0.1, 0.15) is 6.10 Å². The van der Waals surface area contributed by atoms with Crippen molar-refractivity contribution in [3.63, 3.8) is 0 Å². The predicted molar refractivity (Wildman–Crippen MR) is 58.0 cm³/mol. The Hall–Kier alpha value is -1.36. The van der Waals surface area contributed by atoms with E-state index >= 15 is 0 Å². The van der Waals surface area contributed by atoms with E-state index in [-0.39, 0.29) is 18.9 Å². The predicted octanol–water partition coefficient (Wildman–Crippen LogP) is 0.655. The lowest BCUT2D eigenvalue weighted by atomic mass is 10.2. The van der Waals surface area contributed by atoms with Gasteiger partial charge < -0.3 is 14.7 Å². The van der Waals surface area contributed by atoms with Gasteiger partial charge in [-0.25, -0.2) is 0 Å². The lowest BCUT2D eigenvalue weighted by Gasteiger charge is -2.23. The van der Waals surface area contributed by atoms with Crippen molar-refractivity contribution in [3.05, 3.63) is 12.7 Å². The highest BCUT2D eigenvalue weighted by Crippen LogP contribution is 2.14. The molecular weight excluding hydrogens is 210 g/mol. The van der Waals surface area contributed by atoms with Gasteiger partial charge in [0.05, 0.1) is 6.42 Å². The molecule has 0 radical (unpaired) electrons. The van der Waals surface area contributed by atoms with Gasteiger partial charge in [0.2, 0.25) is 0 Å². The van der Waals surface area contributed by atoms with Gasteiger partial charge in [-0.15, -0.1) is 6.58 Å². The molecule has 16 heavy (non-hydrogen) atoms. The average molecular weight is 227 g/mol. The van der Waals surface area contributed by atoms with Gasteiger partial charge in [0.15, 0.2) is 0 Å². The Morgan fingerprint density at radius 1 is 1.56 bits per heavy atom. The average Bonchev–Trinajstić information content (AvgIpc) is 2.76. The third-order valence-electron chi connectivity index (χ3n) is 2.46. The van der Waals surface area contributed by atoms with Gasteiger partial charge in [-0.3, -0.25) is 9.59 Å². The number of hydrogen-bond acceptors (Lipinski definition) is 3. The number of aliphatic carboxylic acids is 1. The number of hydrogen-bond donors (Lipinski definition) is 1. The van der Waals surface area contributed by atoms with Crippen molar-refractivity contribution >= 4 is 11.9 Å². The summed E-state index contributed by atoms with van der Waals surface area (Å²) in [5.41, 5.74) is 0. The molecule has 1 heterocycles. The van der Waals surface area contributed by atoms with Crippen molar-refractivity contribution in [2.45, 2.75) is 25.4 Å². The van der Waals surface area contributed by atoms with Gasteiger partial charge in [0, 0.05) is 19.7 Å². The molecule has 1 N–H and O–H groups in total. The van der Waals surface area contributed by atoms with Crippen LogP contribution in [0.2, 0.25) is 0 Å². The maximum absolute atomic E-state index is 11.9. The number of carbonyl (C=O) groups excluding carboxylic acids is 1. The number of rotatable bonds is 6. The molecule has 1 atom stereocenters. The highest BCUT2D eigenvalue weighted by atomic mass is 16.5. The summed E-state index contributed by atoms with van der Waals surface area (Å²) in [5.74, 6) is -1.03. The molecule has 0 aromatic rings. The topological polar surface area (TPSA) is 66.8 Å². The monoisotopic (exact) mass is 227 g/mol. The van der Waals surface area contributed by atoms with Crippen LogP contribution in [0.15, 0.2) is 12.7 Å². The molecule has 1 rings (SSSR count). The molecule has 0 aromatic carbocycles. The Morgan fingerprint density at radius 3 is 2.81 bits per heavy atom. The van der Waals surface area contributed by atoms with Crippen LogP contribution in [0.4, 0.5) is 0 Å². The molecule has 5 nitrogen and oxygen atoms in total. The van der Waals surface area contributed by atoms with Crippen LogP contribution < -0.4 is 0 Å². The van der Waals surface area contributed by atoms with E-state index in [9.17, 15) is 9.59 Å². The van der Waals surface area contributed by atoms with Gasteiger partial charge in [-0.1, -0.05) is 6.08 Å². The second-order valence-corrected chi connectivity index (χ2v) is 3.72.